The number of nitrogens with one attached hydrogen (secondary N) is 1. The lowest BCUT2D eigenvalue weighted by molar-refractivity contribution is 0.454. The van der Waals surface area contributed by atoms with Crippen LogP contribution >= 0.6 is 11.6 Å². The van der Waals surface area contributed by atoms with E-state index < -0.39 is 0 Å². The maximum absolute atomic E-state index is 6.18. The Morgan fingerprint density at radius 2 is 2.05 bits per heavy atom. The van der Waals surface area contributed by atoms with Crippen molar-refractivity contribution in [1.29, 1.82) is 0 Å². The second-order valence-electron chi connectivity index (χ2n) is 5.32. The van der Waals surface area contributed by atoms with Gasteiger partial charge >= 0.3 is 0 Å². The number of halogens is 1. The number of aryl methyl sites for hydroxylation is 1. The third kappa shape index (κ3) is 2.94. The van der Waals surface area contributed by atoms with E-state index >= 15 is 0 Å². The Bertz CT molecular complexity index is 686. The number of aromatic nitrogens is 2. The fraction of sp³-hybridized carbons (Fsp3) is 0.333. The minimum Gasteiger partial charge on any atom is -0.437 e. The normalized spacial score (nSPS) is 14.1. The predicted molar refractivity (Wildman–Crippen MR) is 82.8 cm³/mol. The van der Waals surface area contributed by atoms with E-state index in [0.717, 1.165) is 29.8 Å². The summed E-state index contributed by atoms with van der Waals surface area (Å²) in [5, 5.41) is 0.550. The average molecular weight is 305 g/mol. The Morgan fingerprint density at radius 1 is 1.29 bits per heavy atom. The molecule has 21 heavy (non-hydrogen) atoms. The molecule has 5 nitrogen and oxygen atoms in total. The van der Waals surface area contributed by atoms with Crippen molar-refractivity contribution in [3.8, 4) is 11.6 Å². The highest BCUT2D eigenvalue weighted by Gasteiger charge is 2.28. The highest BCUT2D eigenvalue weighted by atomic mass is 35.5. The quantitative estimate of drug-likeness (QED) is 0.665. The average Bonchev–Trinajstić information content (AvgIpc) is 3.29. The number of benzene rings is 1. The third-order valence-electron chi connectivity index (χ3n) is 3.49. The van der Waals surface area contributed by atoms with E-state index in [4.69, 9.17) is 22.2 Å². The van der Waals surface area contributed by atoms with Gasteiger partial charge in [-0.3, -0.25) is 0 Å². The van der Waals surface area contributed by atoms with Crippen LogP contribution in [0.1, 0.15) is 35.7 Å². The van der Waals surface area contributed by atoms with Gasteiger partial charge in [-0.2, -0.15) is 4.98 Å². The number of hydrazine groups is 1. The van der Waals surface area contributed by atoms with Gasteiger partial charge in [0, 0.05) is 5.92 Å². The lowest BCUT2D eigenvalue weighted by Crippen LogP contribution is -2.13. The molecule has 0 atom stereocenters. The Labute approximate surface area is 128 Å². The minimum atomic E-state index is 0.410. The number of nitrogen functional groups attached to an aromatic ring is 1. The molecular weight excluding hydrogens is 288 g/mol. The molecule has 1 saturated carbocycles. The number of anilines is 1. The highest BCUT2D eigenvalue weighted by Crippen LogP contribution is 2.40. The van der Waals surface area contributed by atoms with E-state index in [9.17, 15) is 0 Å². The summed E-state index contributed by atoms with van der Waals surface area (Å²) in [7, 11) is 0. The molecular formula is C15H17ClN4O. The number of hydrogen-bond donors (Lipinski definition) is 2. The third-order valence-corrected chi connectivity index (χ3v) is 3.80. The van der Waals surface area contributed by atoms with Gasteiger partial charge in [-0.25, -0.2) is 10.8 Å². The number of nitrogens with two attached hydrogens (primary N) is 1. The summed E-state index contributed by atoms with van der Waals surface area (Å²) in [5.74, 6) is 8.38. The van der Waals surface area contributed by atoms with Crippen LogP contribution in [0.3, 0.4) is 0 Å². The Morgan fingerprint density at radius 3 is 2.71 bits per heavy atom. The van der Waals surface area contributed by atoms with Crippen molar-refractivity contribution in [3.05, 3.63) is 40.2 Å². The lowest BCUT2D eigenvalue weighted by Gasteiger charge is -2.13. The van der Waals surface area contributed by atoms with Gasteiger partial charge < -0.3 is 10.2 Å². The second-order valence-corrected chi connectivity index (χ2v) is 5.72. The molecule has 2 aromatic rings. The Balaban J connectivity index is 2.00. The molecule has 0 amide bonds. The smallest absolute Gasteiger partial charge is 0.227 e. The zero-order valence-electron chi connectivity index (χ0n) is 12.0. The second kappa shape index (κ2) is 5.50. The summed E-state index contributed by atoms with van der Waals surface area (Å²) < 4.78 is 5.90. The Hall–Kier alpha value is -1.85. The molecule has 6 heteroatoms. The first-order valence-electron chi connectivity index (χ1n) is 6.87. The van der Waals surface area contributed by atoms with Gasteiger partial charge in [0.2, 0.25) is 5.88 Å². The molecule has 1 aliphatic rings. The predicted octanol–water partition coefficient (Wildman–Crippen LogP) is 3.70. The number of rotatable bonds is 4. The summed E-state index contributed by atoms with van der Waals surface area (Å²) in [6, 6.07) is 5.63. The maximum atomic E-state index is 6.18. The summed E-state index contributed by atoms with van der Waals surface area (Å²) in [5.41, 5.74) is 4.44. The molecule has 0 bridgehead atoms. The van der Waals surface area contributed by atoms with Crippen LogP contribution in [0.2, 0.25) is 5.02 Å². The van der Waals surface area contributed by atoms with Gasteiger partial charge in [-0.15, -0.1) is 0 Å². The van der Waals surface area contributed by atoms with E-state index in [0.29, 0.717) is 28.4 Å². The molecule has 1 aliphatic carbocycles. The SMILES string of the molecule is Cc1ccc(Cl)c(Oc2nc(C3CC3)nc(NN)c2C)c1. The minimum absolute atomic E-state index is 0.410. The summed E-state index contributed by atoms with van der Waals surface area (Å²) in [6.45, 7) is 3.85. The molecule has 0 aliphatic heterocycles. The van der Waals surface area contributed by atoms with Crippen molar-refractivity contribution in [1.82, 2.24) is 9.97 Å². The standard InChI is InChI=1S/C15H17ClN4O/c1-8-3-6-11(16)12(7-8)21-15-9(2)13(20-17)18-14(19-15)10-4-5-10/h3,6-7,10H,4-5,17H2,1-2H3,(H,18,19,20). The number of ether oxygens (including phenoxy) is 1. The Kier molecular flexibility index (Phi) is 3.69. The number of nitrogens with zero attached hydrogens (tertiary/aromatic N) is 2. The monoisotopic (exact) mass is 304 g/mol. The zero-order valence-corrected chi connectivity index (χ0v) is 12.7. The van der Waals surface area contributed by atoms with E-state index in [-0.39, 0.29) is 0 Å². The fourth-order valence-electron chi connectivity index (χ4n) is 2.07. The van der Waals surface area contributed by atoms with Gasteiger partial charge in [-0.1, -0.05) is 17.7 Å². The van der Waals surface area contributed by atoms with Crippen molar-refractivity contribution in [2.75, 3.05) is 5.43 Å². The molecule has 0 saturated heterocycles. The van der Waals surface area contributed by atoms with Crippen LogP contribution in [-0.2, 0) is 0 Å². The molecule has 3 rings (SSSR count). The summed E-state index contributed by atoms with van der Waals surface area (Å²) >= 11 is 6.18. The first kappa shape index (κ1) is 14.1. The van der Waals surface area contributed by atoms with Crippen LogP contribution in [0.15, 0.2) is 18.2 Å². The molecule has 0 spiro atoms. The topological polar surface area (TPSA) is 73.1 Å². The van der Waals surface area contributed by atoms with Gasteiger partial charge in [0.1, 0.15) is 11.6 Å². The van der Waals surface area contributed by atoms with Gasteiger partial charge in [0.25, 0.3) is 0 Å². The molecule has 1 fully saturated rings. The molecule has 0 unspecified atom stereocenters. The first-order chi connectivity index (χ1) is 10.1. The molecule has 3 N–H and O–H groups in total. The molecule has 110 valence electrons. The molecule has 0 radical (unpaired) electrons. The van der Waals surface area contributed by atoms with Crippen LogP contribution in [0.25, 0.3) is 0 Å². The van der Waals surface area contributed by atoms with Crippen molar-refractivity contribution < 1.29 is 4.74 Å². The molecule has 1 aromatic carbocycles. The van der Waals surface area contributed by atoms with Crippen LogP contribution in [0.4, 0.5) is 5.82 Å². The molecule has 1 aromatic heterocycles. The highest BCUT2D eigenvalue weighted by molar-refractivity contribution is 6.32. The van der Waals surface area contributed by atoms with Crippen LogP contribution in [0.5, 0.6) is 11.6 Å². The first-order valence-corrected chi connectivity index (χ1v) is 7.25. The van der Waals surface area contributed by atoms with Crippen molar-refractivity contribution in [2.24, 2.45) is 5.84 Å². The fourth-order valence-corrected chi connectivity index (χ4v) is 2.23. The molecule has 1 heterocycles. The number of hydrogen-bond acceptors (Lipinski definition) is 5. The zero-order chi connectivity index (χ0) is 15.0. The maximum Gasteiger partial charge on any atom is 0.227 e. The van der Waals surface area contributed by atoms with E-state index in [1.807, 2.05) is 32.0 Å². The van der Waals surface area contributed by atoms with Gasteiger partial charge in [0.15, 0.2) is 5.82 Å². The largest absolute Gasteiger partial charge is 0.437 e. The summed E-state index contributed by atoms with van der Waals surface area (Å²) in [6.07, 6.45) is 2.22. The van der Waals surface area contributed by atoms with Gasteiger partial charge in [0.05, 0.1) is 10.6 Å². The van der Waals surface area contributed by atoms with Crippen LogP contribution < -0.4 is 16.0 Å². The van der Waals surface area contributed by atoms with E-state index in [1.165, 1.54) is 0 Å². The van der Waals surface area contributed by atoms with Gasteiger partial charge in [-0.05, 0) is 44.4 Å². The van der Waals surface area contributed by atoms with Crippen molar-refractivity contribution in [2.45, 2.75) is 32.6 Å². The van der Waals surface area contributed by atoms with Crippen molar-refractivity contribution in [3.63, 3.8) is 0 Å². The van der Waals surface area contributed by atoms with E-state index in [1.54, 1.807) is 0 Å². The summed E-state index contributed by atoms with van der Waals surface area (Å²) in [4.78, 5) is 8.96. The van der Waals surface area contributed by atoms with Crippen LogP contribution in [0, 0.1) is 13.8 Å². The van der Waals surface area contributed by atoms with E-state index in [2.05, 4.69) is 15.4 Å². The van der Waals surface area contributed by atoms with Crippen molar-refractivity contribution >= 4 is 17.4 Å². The van der Waals surface area contributed by atoms with Crippen LogP contribution in [-0.4, -0.2) is 9.97 Å². The lowest BCUT2D eigenvalue weighted by atomic mass is 10.2.